The van der Waals surface area contributed by atoms with Crippen LogP contribution >= 0.6 is 11.3 Å². The van der Waals surface area contributed by atoms with Crippen LogP contribution in [0.1, 0.15) is 121 Å². The number of alkyl halides is 2. The number of carbonyl (C=O) groups excluding carboxylic acids is 5. The lowest BCUT2D eigenvalue weighted by Crippen LogP contribution is -2.58. The number of carbonyl (C=O) groups is 5. The fourth-order valence-electron chi connectivity index (χ4n) is 12.5. The van der Waals surface area contributed by atoms with Crippen molar-refractivity contribution in [2.75, 3.05) is 42.9 Å². The van der Waals surface area contributed by atoms with Gasteiger partial charge in [-0.3, -0.25) is 33.8 Å². The highest BCUT2D eigenvalue weighted by molar-refractivity contribution is 7.13. The Morgan fingerprint density at radius 1 is 0.925 bits per heavy atom. The summed E-state index contributed by atoms with van der Waals surface area (Å²) >= 11 is 1.57. The van der Waals surface area contributed by atoms with Crippen molar-refractivity contribution in [3.05, 3.63) is 130 Å². The van der Waals surface area contributed by atoms with Crippen LogP contribution < -0.4 is 20.9 Å². The van der Waals surface area contributed by atoms with Crippen molar-refractivity contribution in [2.45, 2.75) is 116 Å². The number of pyridine rings is 1. The predicted molar refractivity (Wildman–Crippen MR) is 297 cm³/mol. The Morgan fingerprint density at radius 3 is 2.34 bits per heavy atom. The van der Waals surface area contributed by atoms with Gasteiger partial charge in [-0.25, -0.2) is 18.7 Å². The van der Waals surface area contributed by atoms with E-state index in [4.69, 9.17) is 0 Å². The lowest BCUT2D eigenvalue weighted by atomic mass is 9.85. The molecular weight excluding hydrogens is 1040 g/mol. The number of nitrogens with one attached hydrogen (secondary N) is 4. The maximum atomic E-state index is 14.6. The highest BCUT2D eigenvalue weighted by atomic mass is 32.1. The number of aryl methyl sites for hydroxylation is 1. The topological polar surface area (TPSA) is 224 Å². The molecule has 4 aromatic heterocycles. The molecule has 5 N–H and O–H groups in total. The maximum Gasteiger partial charge on any atom is 0.276 e. The molecule has 2 aromatic carbocycles. The Kier molecular flexibility index (Phi) is 14.5. The number of β-amino-alcohol motifs (C(OH)–C–C–N with tert-alkyl or cyclic N) is 1. The number of hydrogen-bond acceptors (Lipinski definition) is 12. The quantitative estimate of drug-likeness (QED) is 0.0682. The molecule has 7 heterocycles. The highest BCUT2D eigenvalue weighted by Crippen LogP contribution is 2.70. The number of aliphatic hydroxyl groups is 1. The van der Waals surface area contributed by atoms with Crippen molar-refractivity contribution >= 4 is 52.2 Å². The number of rotatable bonds is 15. The van der Waals surface area contributed by atoms with Crippen molar-refractivity contribution in [2.24, 2.45) is 28.6 Å². The highest BCUT2D eigenvalue weighted by Gasteiger charge is 2.78. The number of anilines is 2. The molecule has 4 fully saturated rings. The van der Waals surface area contributed by atoms with Gasteiger partial charge in [-0.05, 0) is 73.3 Å². The molecule has 18 nitrogen and oxygen atoms in total. The van der Waals surface area contributed by atoms with E-state index in [-0.39, 0.29) is 79.6 Å². The number of likely N-dealkylation sites (tertiary alicyclic amines) is 2. The number of amides is 5. The van der Waals surface area contributed by atoms with E-state index in [1.807, 2.05) is 101 Å². The van der Waals surface area contributed by atoms with Crippen LogP contribution in [-0.4, -0.2) is 131 Å². The normalized spacial score (nSPS) is 22.8. The predicted octanol–water partition coefficient (Wildman–Crippen LogP) is 7.39. The smallest absolute Gasteiger partial charge is 0.276 e. The molecule has 0 unspecified atom stereocenters. The monoisotopic (exact) mass is 1110 g/mol. The number of benzene rings is 2. The van der Waals surface area contributed by atoms with Gasteiger partial charge in [0.05, 0.1) is 58.0 Å². The second-order valence-corrected chi connectivity index (χ2v) is 24.8. The summed E-state index contributed by atoms with van der Waals surface area (Å²) < 4.78 is 30.9. The van der Waals surface area contributed by atoms with Crippen LogP contribution in [0.2, 0.25) is 0 Å². The summed E-state index contributed by atoms with van der Waals surface area (Å²) in [6.07, 6.45) is 6.13. The molecule has 420 valence electrons. The molecule has 0 radical (unpaired) electrons. The molecular formula is C59H68F2N12O6S. The van der Waals surface area contributed by atoms with Crippen molar-refractivity contribution in [3.8, 4) is 10.4 Å². The Labute approximate surface area is 467 Å². The van der Waals surface area contributed by atoms with Crippen LogP contribution in [0.5, 0.6) is 0 Å². The van der Waals surface area contributed by atoms with E-state index in [0.717, 1.165) is 45.8 Å². The second kappa shape index (κ2) is 21.3. The molecule has 11 rings (SSSR count). The first-order valence-corrected chi connectivity index (χ1v) is 28.5. The van der Waals surface area contributed by atoms with Gasteiger partial charge < -0.3 is 35.8 Å². The Balaban J connectivity index is 0.652. The van der Waals surface area contributed by atoms with Crippen molar-refractivity contribution in [3.63, 3.8) is 0 Å². The fraction of sp³-hybridized carbons (Fsp3) is 0.475. The number of halogens is 2. The second-order valence-electron chi connectivity index (χ2n) is 23.9. The molecule has 21 heteroatoms. The molecule has 3 saturated heterocycles. The number of H-pyrrole nitrogens is 1. The van der Waals surface area contributed by atoms with E-state index < -0.39 is 52.7 Å². The van der Waals surface area contributed by atoms with Crippen LogP contribution in [0.15, 0.2) is 90.8 Å². The van der Waals surface area contributed by atoms with Gasteiger partial charge >= 0.3 is 0 Å². The summed E-state index contributed by atoms with van der Waals surface area (Å²) in [5, 5.41) is 31.4. The first kappa shape index (κ1) is 54.6. The standard InChI is InChI=1S/C59H68F2N12O6S/c1-33(36-12-14-38(15-13-36)51-34(2)63-32-80-51)65-53(76)46-23-42(74)31-72(46)56(79)52(57(3,4)5)67-48(75)22-35-18-20-70(21-19-35)41-16-17-44(62-27-41)55(78)71-28-39(29-71)50(37-10-8-7-9-11-37)73-30-40(26-64-73)66-54(77)49-43-24-47-58(6,59(47,60)61)25-45(43)68-69-49/h7-17,26-27,30,32-33,35,39,42,46-47,50,52,74H,18-25,28-29,31H2,1-6H3,(H,65,76)(H,66,77)(H,67,75)(H,68,69)/t33-,42+,46-,47-,50+,52+,58+/m0/s1. The Bertz CT molecular complexity index is 3290. The van der Waals surface area contributed by atoms with Crippen molar-refractivity contribution in [1.82, 2.24) is 50.4 Å². The molecule has 7 atom stereocenters. The third-order valence-electron chi connectivity index (χ3n) is 17.4. The van der Waals surface area contributed by atoms with Crippen molar-refractivity contribution < 1.29 is 37.9 Å². The van der Waals surface area contributed by atoms with Gasteiger partial charge in [0.25, 0.3) is 17.7 Å². The van der Waals surface area contributed by atoms with E-state index >= 15 is 0 Å². The Morgan fingerprint density at radius 2 is 1.66 bits per heavy atom. The number of nitrogens with zero attached hydrogens (tertiary/aromatic N) is 8. The molecule has 80 heavy (non-hydrogen) atoms. The minimum atomic E-state index is -2.77. The van der Waals surface area contributed by atoms with Crippen LogP contribution in [0.25, 0.3) is 10.4 Å². The van der Waals surface area contributed by atoms with E-state index in [9.17, 15) is 37.9 Å². The van der Waals surface area contributed by atoms with Gasteiger partial charge in [0.15, 0.2) is 5.69 Å². The Hall–Kier alpha value is -7.39. The summed E-state index contributed by atoms with van der Waals surface area (Å²) in [6, 6.07) is 19.0. The summed E-state index contributed by atoms with van der Waals surface area (Å²) in [7, 11) is 0. The van der Waals surface area contributed by atoms with E-state index in [1.54, 1.807) is 52.5 Å². The van der Waals surface area contributed by atoms with Crippen LogP contribution in [-0.2, 0) is 27.2 Å². The van der Waals surface area contributed by atoms with Gasteiger partial charge in [0.2, 0.25) is 17.7 Å². The first-order valence-electron chi connectivity index (χ1n) is 27.6. The maximum absolute atomic E-state index is 14.6. The van der Waals surface area contributed by atoms with Gasteiger partial charge in [0.1, 0.15) is 17.8 Å². The number of aromatic nitrogens is 6. The average Bonchev–Trinajstić information content (AvgIpc) is 4.18. The minimum Gasteiger partial charge on any atom is -0.391 e. The minimum absolute atomic E-state index is 0.00532. The largest absolute Gasteiger partial charge is 0.391 e. The summed E-state index contributed by atoms with van der Waals surface area (Å²) in [6.45, 7) is 13.3. The van der Waals surface area contributed by atoms with Crippen LogP contribution in [0.4, 0.5) is 20.2 Å². The van der Waals surface area contributed by atoms with Crippen LogP contribution in [0.3, 0.4) is 0 Å². The van der Waals surface area contributed by atoms with Crippen LogP contribution in [0, 0.1) is 35.5 Å². The molecule has 0 bridgehead atoms. The number of aliphatic hydroxyl groups excluding tert-OH is 1. The summed E-state index contributed by atoms with van der Waals surface area (Å²) in [4.78, 5) is 84.6. The van der Waals surface area contributed by atoms with E-state index in [2.05, 4.69) is 46.1 Å². The number of piperidine rings is 1. The van der Waals surface area contributed by atoms with Gasteiger partial charge in [0, 0.05) is 86.7 Å². The molecule has 5 amide bonds. The fourth-order valence-corrected chi connectivity index (χ4v) is 13.3. The zero-order valence-corrected chi connectivity index (χ0v) is 46.6. The average molecular weight is 1110 g/mol. The molecule has 1 saturated carbocycles. The molecule has 3 aliphatic heterocycles. The third kappa shape index (κ3) is 10.5. The number of hydrogen-bond donors (Lipinski definition) is 5. The van der Waals surface area contributed by atoms with Gasteiger partial charge in [-0.1, -0.05) is 82.3 Å². The first-order chi connectivity index (χ1) is 38.2. The molecule has 0 spiro atoms. The third-order valence-corrected chi connectivity index (χ3v) is 18.4. The van der Waals surface area contributed by atoms with Crippen molar-refractivity contribution in [1.29, 1.82) is 0 Å². The lowest BCUT2D eigenvalue weighted by Gasteiger charge is -2.43. The zero-order valence-electron chi connectivity index (χ0n) is 45.8. The zero-order chi connectivity index (χ0) is 56.4. The van der Waals surface area contributed by atoms with E-state index in [1.165, 1.54) is 4.90 Å². The summed E-state index contributed by atoms with van der Waals surface area (Å²) in [5.41, 5.74) is 6.76. The molecule has 6 aromatic rings. The summed E-state index contributed by atoms with van der Waals surface area (Å²) in [5.74, 6) is -5.22. The number of thiazole rings is 1. The van der Waals surface area contributed by atoms with Gasteiger partial charge in [-0.15, -0.1) is 11.3 Å². The molecule has 5 aliphatic rings. The number of aromatic amines is 1. The van der Waals surface area contributed by atoms with E-state index in [0.29, 0.717) is 48.8 Å². The number of fused-ring (bicyclic) bond motifs is 2. The van der Waals surface area contributed by atoms with Gasteiger partial charge in [-0.2, -0.15) is 10.2 Å². The SMILES string of the molecule is Cc1ncsc1-c1ccc([C@H](C)NC(=O)[C@@H]2C[C@@H](O)CN2C(=O)[C@@H](NC(=O)CC2CCN(c3ccc(C(=O)N4CC([C@@H](c5ccccc5)n5cc(NC(=O)c6n[nH]c7c6C[C@@H]6C(F)(F)[C@]6(C)C7)cn5)C4)nc3)CC2)C(C)(C)C)cc1. The lowest BCUT2D eigenvalue weighted by molar-refractivity contribution is -0.144. The molecule has 2 aliphatic carbocycles.